The highest BCUT2D eigenvalue weighted by atomic mass is 35.5. The van der Waals surface area contributed by atoms with E-state index in [4.69, 9.17) is 25.7 Å². The van der Waals surface area contributed by atoms with E-state index in [1.54, 1.807) is 0 Å². The van der Waals surface area contributed by atoms with Crippen molar-refractivity contribution in [3.05, 3.63) is 40.7 Å². The molecule has 26 heavy (non-hydrogen) atoms. The van der Waals surface area contributed by atoms with Gasteiger partial charge >= 0.3 is 0 Å². The molecule has 2 aliphatic rings. The maximum absolute atomic E-state index is 6.08. The molecule has 2 aliphatic heterocycles. The standard InChI is InChI=1S/C20H26ClN3O2/c1-15-19(22-20(26-15)16-4-2-5-17(21)12-16)14-24-9-7-23(8-10-24)13-18-6-3-11-25-18/h2,4-5,12,18H,3,6-11,13-14H2,1H3/t18-/m1/s1. The van der Waals surface area contributed by atoms with Gasteiger partial charge in [0.05, 0.1) is 11.8 Å². The lowest BCUT2D eigenvalue weighted by atomic mass is 10.2. The molecule has 0 bridgehead atoms. The third kappa shape index (κ3) is 4.29. The zero-order chi connectivity index (χ0) is 17.9. The van der Waals surface area contributed by atoms with Gasteiger partial charge < -0.3 is 9.15 Å². The molecule has 1 atom stereocenters. The summed E-state index contributed by atoms with van der Waals surface area (Å²) >= 11 is 6.08. The summed E-state index contributed by atoms with van der Waals surface area (Å²) in [7, 11) is 0. The predicted octanol–water partition coefficient (Wildman–Crippen LogP) is 3.60. The first-order valence-corrected chi connectivity index (χ1v) is 9.84. The van der Waals surface area contributed by atoms with Gasteiger partial charge in [-0.1, -0.05) is 17.7 Å². The van der Waals surface area contributed by atoms with Crippen molar-refractivity contribution < 1.29 is 9.15 Å². The average Bonchev–Trinajstić information content (AvgIpc) is 3.27. The van der Waals surface area contributed by atoms with E-state index in [0.29, 0.717) is 17.0 Å². The Morgan fingerprint density at radius 3 is 2.73 bits per heavy atom. The van der Waals surface area contributed by atoms with Gasteiger partial charge in [-0.2, -0.15) is 0 Å². The quantitative estimate of drug-likeness (QED) is 0.798. The van der Waals surface area contributed by atoms with Crippen molar-refractivity contribution in [3.8, 4) is 11.5 Å². The summed E-state index contributed by atoms with van der Waals surface area (Å²) in [5.41, 5.74) is 1.95. The maximum atomic E-state index is 6.08. The molecule has 1 aromatic carbocycles. The Hall–Kier alpha value is -1.40. The number of benzene rings is 1. The zero-order valence-corrected chi connectivity index (χ0v) is 16.0. The lowest BCUT2D eigenvalue weighted by molar-refractivity contribution is 0.0486. The number of hydrogen-bond donors (Lipinski definition) is 0. The van der Waals surface area contributed by atoms with Crippen LogP contribution in [-0.4, -0.2) is 60.2 Å². The molecular weight excluding hydrogens is 350 g/mol. The largest absolute Gasteiger partial charge is 0.441 e. The third-order valence-corrected chi connectivity index (χ3v) is 5.52. The number of aromatic nitrogens is 1. The zero-order valence-electron chi connectivity index (χ0n) is 15.3. The fraction of sp³-hybridized carbons (Fsp3) is 0.550. The maximum Gasteiger partial charge on any atom is 0.226 e. The molecule has 1 aromatic heterocycles. The molecule has 0 amide bonds. The van der Waals surface area contributed by atoms with Crippen LogP contribution < -0.4 is 0 Å². The normalized spacial score (nSPS) is 22.2. The van der Waals surface area contributed by atoms with E-state index in [1.165, 1.54) is 12.8 Å². The van der Waals surface area contributed by atoms with Crippen molar-refractivity contribution in [2.75, 3.05) is 39.3 Å². The summed E-state index contributed by atoms with van der Waals surface area (Å²) in [5.74, 6) is 1.54. The van der Waals surface area contributed by atoms with Gasteiger partial charge in [0.1, 0.15) is 5.76 Å². The minimum absolute atomic E-state index is 0.444. The summed E-state index contributed by atoms with van der Waals surface area (Å²) in [4.78, 5) is 9.70. The lowest BCUT2D eigenvalue weighted by Crippen LogP contribution is -2.48. The number of aryl methyl sites for hydroxylation is 1. The molecule has 3 heterocycles. The summed E-state index contributed by atoms with van der Waals surface area (Å²) < 4.78 is 11.6. The minimum atomic E-state index is 0.444. The van der Waals surface area contributed by atoms with Crippen LogP contribution in [0.4, 0.5) is 0 Å². The van der Waals surface area contributed by atoms with Gasteiger partial charge in [-0.3, -0.25) is 9.80 Å². The second-order valence-corrected chi connectivity index (χ2v) is 7.68. The van der Waals surface area contributed by atoms with Crippen LogP contribution in [0.3, 0.4) is 0 Å². The summed E-state index contributed by atoms with van der Waals surface area (Å²) in [6, 6.07) is 7.65. The highest BCUT2D eigenvalue weighted by molar-refractivity contribution is 6.30. The number of halogens is 1. The van der Waals surface area contributed by atoms with Crippen molar-refractivity contribution in [2.45, 2.75) is 32.4 Å². The second-order valence-electron chi connectivity index (χ2n) is 7.24. The van der Waals surface area contributed by atoms with Crippen LogP contribution in [0.1, 0.15) is 24.3 Å². The predicted molar refractivity (Wildman–Crippen MR) is 102 cm³/mol. The van der Waals surface area contributed by atoms with E-state index in [-0.39, 0.29) is 0 Å². The summed E-state index contributed by atoms with van der Waals surface area (Å²) in [6.45, 7) is 9.15. The molecule has 0 saturated carbocycles. The molecule has 0 aliphatic carbocycles. The minimum Gasteiger partial charge on any atom is -0.441 e. The molecule has 140 valence electrons. The van der Waals surface area contributed by atoms with Crippen LogP contribution in [0, 0.1) is 6.92 Å². The Bertz CT molecular complexity index is 734. The molecule has 2 aromatic rings. The van der Waals surface area contributed by atoms with Gasteiger partial charge in [0.2, 0.25) is 5.89 Å². The van der Waals surface area contributed by atoms with E-state index in [1.807, 2.05) is 31.2 Å². The Labute approximate surface area is 159 Å². The molecule has 5 nitrogen and oxygen atoms in total. The smallest absolute Gasteiger partial charge is 0.226 e. The molecule has 2 fully saturated rings. The summed E-state index contributed by atoms with van der Waals surface area (Å²) in [5, 5.41) is 0.697. The number of ether oxygens (including phenoxy) is 1. The Morgan fingerprint density at radius 2 is 2.00 bits per heavy atom. The van der Waals surface area contributed by atoms with Crippen molar-refractivity contribution in [1.82, 2.24) is 14.8 Å². The van der Waals surface area contributed by atoms with Crippen LogP contribution in [0.5, 0.6) is 0 Å². The highest BCUT2D eigenvalue weighted by Gasteiger charge is 2.24. The van der Waals surface area contributed by atoms with Crippen molar-refractivity contribution in [1.29, 1.82) is 0 Å². The second kappa shape index (κ2) is 8.09. The van der Waals surface area contributed by atoms with Crippen LogP contribution >= 0.6 is 11.6 Å². The topological polar surface area (TPSA) is 41.7 Å². The Balaban J connectivity index is 1.33. The van der Waals surface area contributed by atoms with Crippen LogP contribution in [0.25, 0.3) is 11.5 Å². The van der Waals surface area contributed by atoms with Crippen LogP contribution in [0.15, 0.2) is 28.7 Å². The van der Waals surface area contributed by atoms with Gasteiger partial charge in [-0.05, 0) is 38.0 Å². The molecule has 6 heteroatoms. The monoisotopic (exact) mass is 375 g/mol. The SMILES string of the molecule is Cc1oc(-c2cccc(Cl)c2)nc1CN1CCN(C[C@H]2CCCO2)CC1. The number of oxazole rings is 1. The van der Waals surface area contributed by atoms with E-state index in [9.17, 15) is 0 Å². The van der Waals surface area contributed by atoms with Gasteiger partial charge in [0.15, 0.2) is 0 Å². The first-order chi connectivity index (χ1) is 12.7. The molecule has 0 radical (unpaired) electrons. The average molecular weight is 376 g/mol. The van der Waals surface area contributed by atoms with E-state index in [0.717, 1.165) is 62.9 Å². The Morgan fingerprint density at radius 1 is 1.19 bits per heavy atom. The number of rotatable bonds is 5. The molecule has 0 unspecified atom stereocenters. The third-order valence-electron chi connectivity index (χ3n) is 5.29. The molecule has 4 rings (SSSR count). The fourth-order valence-electron chi connectivity index (χ4n) is 3.74. The molecule has 2 saturated heterocycles. The number of nitrogens with zero attached hydrogens (tertiary/aromatic N) is 3. The highest BCUT2D eigenvalue weighted by Crippen LogP contribution is 2.25. The fourth-order valence-corrected chi connectivity index (χ4v) is 3.93. The number of hydrogen-bond acceptors (Lipinski definition) is 5. The summed E-state index contributed by atoms with van der Waals surface area (Å²) in [6.07, 6.45) is 2.87. The molecular formula is C20H26ClN3O2. The van der Waals surface area contributed by atoms with Gasteiger partial charge in [0, 0.05) is 56.5 Å². The number of piperazine rings is 1. The van der Waals surface area contributed by atoms with Gasteiger partial charge in [-0.25, -0.2) is 4.98 Å². The first-order valence-electron chi connectivity index (χ1n) is 9.46. The van der Waals surface area contributed by atoms with Crippen molar-refractivity contribution in [2.24, 2.45) is 0 Å². The Kier molecular flexibility index (Phi) is 5.60. The van der Waals surface area contributed by atoms with E-state index < -0.39 is 0 Å². The van der Waals surface area contributed by atoms with E-state index >= 15 is 0 Å². The van der Waals surface area contributed by atoms with Gasteiger partial charge in [0.25, 0.3) is 0 Å². The van der Waals surface area contributed by atoms with Gasteiger partial charge in [-0.15, -0.1) is 0 Å². The van der Waals surface area contributed by atoms with E-state index in [2.05, 4.69) is 9.80 Å². The molecule has 0 spiro atoms. The van der Waals surface area contributed by atoms with Crippen molar-refractivity contribution >= 4 is 11.6 Å². The first kappa shape index (κ1) is 18.0. The van der Waals surface area contributed by atoms with Crippen molar-refractivity contribution in [3.63, 3.8) is 0 Å². The van der Waals surface area contributed by atoms with Crippen LogP contribution in [0.2, 0.25) is 5.02 Å². The van der Waals surface area contributed by atoms with Crippen LogP contribution in [-0.2, 0) is 11.3 Å². The molecule has 0 N–H and O–H groups in total. The lowest BCUT2D eigenvalue weighted by Gasteiger charge is -2.35.